The maximum Gasteiger partial charge on any atom is 0.346 e. The summed E-state index contributed by atoms with van der Waals surface area (Å²) in [6.07, 6.45) is 0.582. The number of amides is 1. The van der Waals surface area contributed by atoms with Crippen LogP contribution in [0.4, 0.5) is 5.88 Å². The molecule has 24 heavy (non-hydrogen) atoms. The lowest BCUT2D eigenvalue weighted by Gasteiger charge is -2.08. The Morgan fingerprint density at radius 2 is 2.00 bits per heavy atom. The van der Waals surface area contributed by atoms with Gasteiger partial charge in [-0.25, -0.2) is 4.79 Å². The lowest BCUT2D eigenvalue weighted by atomic mass is 10.1. The molecule has 1 heterocycles. The van der Waals surface area contributed by atoms with Gasteiger partial charge in [0.05, 0.1) is 11.4 Å². The van der Waals surface area contributed by atoms with Gasteiger partial charge < -0.3 is 9.26 Å². The predicted molar refractivity (Wildman–Crippen MR) is 94.5 cm³/mol. The van der Waals surface area contributed by atoms with Crippen LogP contribution in [-0.4, -0.2) is 28.5 Å². The van der Waals surface area contributed by atoms with Gasteiger partial charge >= 0.3 is 5.97 Å². The van der Waals surface area contributed by atoms with Crippen LogP contribution in [0.15, 0.2) is 28.8 Å². The number of halogens is 2. The SMILES string of the molecule is CCOC(=O)c1c(-c2ccc(Cl)cc2)noc1NC(=O)C(Br)CC. The fraction of sp³-hybridized carbons (Fsp3) is 0.312. The molecule has 2 rings (SSSR count). The third-order valence-electron chi connectivity index (χ3n) is 3.17. The fourth-order valence-corrected chi connectivity index (χ4v) is 2.19. The van der Waals surface area contributed by atoms with E-state index in [0.29, 0.717) is 17.0 Å². The van der Waals surface area contributed by atoms with Crippen molar-refractivity contribution in [3.63, 3.8) is 0 Å². The first-order chi connectivity index (χ1) is 11.5. The Morgan fingerprint density at radius 1 is 1.33 bits per heavy atom. The molecule has 6 nitrogen and oxygen atoms in total. The molecule has 0 aliphatic carbocycles. The van der Waals surface area contributed by atoms with E-state index in [1.54, 1.807) is 31.2 Å². The van der Waals surface area contributed by atoms with E-state index in [1.165, 1.54) is 0 Å². The highest BCUT2D eigenvalue weighted by atomic mass is 79.9. The van der Waals surface area contributed by atoms with Gasteiger partial charge in [-0.05, 0) is 25.5 Å². The van der Waals surface area contributed by atoms with Crippen LogP contribution in [0, 0.1) is 0 Å². The number of carbonyl (C=O) groups is 2. The zero-order valence-corrected chi connectivity index (χ0v) is 15.5. The molecule has 1 N–H and O–H groups in total. The van der Waals surface area contributed by atoms with E-state index in [1.807, 2.05) is 6.92 Å². The molecule has 0 bridgehead atoms. The number of ether oxygens (including phenoxy) is 1. The first-order valence-electron chi connectivity index (χ1n) is 7.35. The molecule has 0 saturated carbocycles. The molecule has 0 fully saturated rings. The quantitative estimate of drug-likeness (QED) is 0.562. The molecule has 1 aromatic heterocycles. The third-order valence-corrected chi connectivity index (χ3v) is 4.48. The number of alkyl halides is 1. The normalized spacial score (nSPS) is 11.8. The highest BCUT2D eigenvalue weighted by Crippen LogP contribution is 2.30. The zero-order chi connectivity index (χ0) is 17.7. The molecular formula is C16H16BrClN2O4. The van der Waals surface area contributed by atoms with E-state index < -0.39 is 10.8 Å². The highest BCUT2D eigenvalue weighted by molar-refractivity contribution is 9.10. The van der Waals surface area contributed by atoms with Crippen molar-refractivity contribution in [3.8, 4) is 11.3 Å². The molecule has 1 atom stereocenters. The summed E-state index contributed by atoms with van der Waals surface area (Å²) < 4.78 is 10.2. The van der Waals surface area contributed by atoms with Crippen LogP contribution in [0.1, 0.15) is 30.6 Å². The first-order valence-corrected chi connectivity index (χ1v) is 8.64. The minimum absolute atomic E-state index is 0.0405. The molecular weight excluding hydrogens is 400 g/mol. The topological polar surface area (TPSA) is 81.4 Å². The third kappa shape index (κ3) is 4.15. The van der Waals surface area contributed by atoms with Crippen molar-refractivity contribution < 1.29 is 18.8 Å². The number of rotatable bonds is 6. The Morgan fingerprint density at radius 3 is 2.58 bits per heavy atom. The number of esters is 1. The summed E-state index contributed by atoms with van der Waals surface area (Å²) in [5, 5.41) is 7.02. The molecule has 0 aliphatic heterocycles. The Balaban J connectivity index is 2.43. The van der Waals surface area contributed by atoms with E-state index in [9.17, 15) is 9.59 Å². The Bertz CT molecular complexity index is 730. The summed E-state index contributed by atoms with van der Waals surface area (Å²) >= 11 is 9.13. The predicted octanol–water partition coefficient (Wildman–Crippen LogP) is 4.28. The average molecular weight is 416 g/mol. The van der Waals surface area contributed by atoms with Gasteiger partial charge in [-0.1, -0.05) is 51.7 Å². The lowest BCUT2D eigenvalue weighted by molar-refractivity contribution is -0.115. The van der Waals surface area contributed by atoms with E-state index >= 15 is 0 Å². The maximum absolute atomic E-state index is 12.3. The van der Waals surface area contributed by atoms with Crippen LogP contribution in [0.25, 0.3) is 11.3 Å². The van der Waals surface area contributed by atoms with Crippen LogP contribution >= 0.6 is 27.5 Å². The molecule has 8 heteroatoms. The van der Waals surface area contributed by atoms with Gasteiger partial charge in [0.2, 0.25) is 11.8 Å². The maximum atomic E-state index is 12.3. The second-order valence-corrected chi connectivity index (χ2v) is 6.37. The van der Waals surface area contributed by atoms with E-state index in [4.69, 9.17) is 20.9 Å². The number of anilines is 1. The van der Waals surface area contributed by atoms with E-state index in [2.05, 4.69) is 26.4 Å². The van der Waals surface area contributed by atoms with Crippen molar-refractivity contribution in [2.45, 2.75) is 25.1 Å². The summed E-state index contributed by atoms with van der Waals surface area (Å²) in [7, 11) is 0. The number of hydrogen-bond acceptors (Lipinski definition) is 5. The van der Waals surface area contributed by atoms with Crippen LogP contribution in [0.2, 0.25) is 5.02 Å². The molecule has 0 spiro atoms. The second-order valence-electron chi connectivity index (χ2n) is 4.83. The number of nitrogens with zero attached hydrogens (tertiary/aromatic N) is 1. The van der Waals surface area contributed by atoms with Crippen LogP contribution in [0.5, 0.6) is 0 Å². The summed E-state index contributed by atoms with van der Waals surface area (Å²) in [4.78, 5) is 23.9. The minimum atomic E-state index is -0.623. The van der Waals surface area contributed by atoms with Gasteiger partial charge in [0.1, 0.15) is 5.69 Å². The fourth-order valence-electron chi connectivity index (χ4n) is 1.95. The van der Waals surface area contributed by atoms with Crippen molar-refractivity contribution in [1.29, 1.82) is 0 Å². The van der Waals surface area contributed by atoms with Crippen LogP contribution in [-0.2, 0) is 9.53 Å². The van der Waals surface area contributed by atoms with Crippen LogP contribution in [0.3, 0.4) is 0 Å². The standard InChI is InChI=1S/C16H16BrClN2O4/c1-3-11(17)14(21)19-15-12(16(22)23-4-2)13(20-24-15)9-5-7-10(18)8-6-9/h5-8,11H,3-4H2,1-2H3,(H,19,21). The summed E-state index contributed by atoms with van der Waals surface area (Å²) in [6, 6.07) is 6.75. The van der Waals surface area contributed by atoms with Crippen molar-refractivity contribution in [2.24, 2.45) is 0 Å². The summed E-state index contributed by atoms with van der Waals surface area (Å²) in [6.45, 7) is 3.73. The number of hydrogen-bond donors (Lipinski definition) is 1. The van der Waals surface area contributed by atoms with Crippen molar-refractivity contribution in [3.05, 3.63) is 34.9 Å². The molecule has 1 unspecified atom stereocenters. The van der Waals surface area contributed by atoms with Crippen molar-refractivity contribution in [1.82, 2.24) is 5.16 Å². The van der Waals surface area contributed by atoms with Gasteiger partial charge in [-0.15, -0.1) is 0 Å². The molecule has 2 aromatic rings. The number of benzene rings is 1. The van der Waals surface area contributed by atoms with Gasteiger partial charge in [-0.3, -0.25) is 10.1 Å². The molecule has 128 valence electrons. The number of nitrogens with one attached hydrogen (secondary N) is 1. The van der Waals surface area contributed by atoms with Crippen molar-refractivity contribution in [2.75, 3.05) is 11.9 Å². The minimum Gasteiger partial charge on any atom is -0.462 e. The highest BCUT2D eigenvalue weighted by Gasteiger charge is 2.27. The Kier molecular flexibility index (Phi) is 6.39. The Hall–Kier alpha value is -1.86. The Labute approximate surface area is 152 Å². The molecule has 0 radical (unpaired) electrons. The van der Waals surface area contributed by atoms with Gasteiger partial charge in [-0.2, -0.15) is 0 Å². The summed E-state index contributed by atoms with van der Waals surface area (Å²) in [5.74, 6) is -0.996. The first kappa shape index (κ1) is 18.5. The molecule has 1 aromatic carbocycles. The number of aromatic nitrogens is 1. The van der Waals surface area contributed by atoms with Gasteiger partial charge in [0.25, 0.3) is 0 Å². The molecule has 1 amide bonds. The zero-order valence-electron chi connectivity index (χ0n) is 13.1. The van der Waals surface area contributed by atoms with E-state index in [0.717, 1.165) is 0 Å². The number of carbonyl (C=O) groups excluding carboxylic acids is 2. The smallest absolute Gasteiger partial charge is 0.346 e. The largest absolute Gasteiger partial charge is 0.462 e. The molecule has 0 aliphatic rings. The lowest BCUT2D eigenvalue weighted by Crippen LogP contribution is -2.23. The monoisotopic (exact) mass is 414 g/mol. The summed E-state index contributed by atoms with van der Waals surface area (Å²) in [5.41, 5.74) is 0.976. The second kappa shape index (κ2) is 8.30. The van der Waals surface area contributed by atoms with E-state index in [-0.39, 0.29) is 29.7 Å². The molecule has 0 saturated heterocycles. The average Bonchev–Trinajstić information content (AvgIpc) is 2.98. The van der Waals surface area contributed by atoms with Gasteiger partial charge in [0.15, 0.2) is 5.56 Å². The van der Waals surface area contributed by atoms with Crippen molar-refractivity contribution >= 4 is 45.3 Å². The van der Waals surface area contributed by atoms with Crippen LogP contribution < -0.4 is 5.32 Å². The van der Waals surface area contributed by atoms with Gasteiger partial charge in [0, 0.05) is 10.6 Å².